The quantitative estimate of drug-likeness (QED) is 0.105. The van der Waals surface area contributed by atoms with E-state index in [1.54, 1.807) is 17.0 Å². The maximum atomic E-state index is 13.1. The molecule has 2 aromatic rings. The first-order chi connectivity index (χ1) is 18.6. The topological polar surface area (TPSA) is 217 Å². The van der Waals surface area contributed by atoms with Gasteiger partial charge < -0.3 is 27.5 Å². The van der Waals surface area contributed by atoms with Crippen LogP contribution >= 0.6 is 22.7 Å². The van der Waals surface area contributed by atoms with Crippen molar-refractivity contribution in [2.24, 2.45) is 33.6 Å². The molecular formula is C25H29N9O3S2. The predicted octanol–water partition coefficient (Wildman–Crippen LogP) is 1.58. The van der Waals surface area contributed by atoms with E-state index >= 15 is 0 Å². The summed E-state index contributed by atoms with van der Waals surface area (Å²) in [6.45, 7) is 1.91. The average molecular weight is 568 g/mol. The molecule has 1 saturated carbocycles. The van der Waals surface area contributed by atoms with Crippen LogP contribution in [-0.2, 0) is 23.1 Å². The Morgan fingerprint density at radius 3 is 2.28 bits per heavy atom. The molecule has 5 rings (SSSR count). The molecule has 0 radical (unpaired) electrons. The van der Waals surface area contributed by atoms with Crippen molar-refractivity contribution in [2.75, 3.05) is 6.54 Å². The normalized spacial score (nSPS) is 23.3. The summed E-state index contributed by atoms with van der Waals surface area (Å²) in [6, 6.07) is 5.02. The van der Waals surface area contributed by atoms with E-state index in [1.807, 2.05) is 6.92 Å². The minimum Gasteiger partial charge on any atom is -0.365 e. The number of rotatable bonds is 8. The SMILES string of the molecule is C[C@H](CC1(C(=N)N=NN)c2cc(C(N)=O)sc2CCc2sc(C(N)=O)cc21)NCC(=O)N1C(C#N)C[C@@H]2C[C@@H]21. The molecule has 2 aromatic heterocycles. The third-order valence-electron chi connectivity index (χ3n) is 7.92. The summed E-state index contributed by atoms with van der Waals surface area (Å²) >= 11 is 2.55. The molecule has 14 heteroatoms. The van der Waals surface area contributed by atoms with E-state index in [2.05, 4.69) is 21.7 Å². The van der Waals surface area contributed by atoms with Crippen molar-refractivity contribution in [1.82, 2.24) is 10.2 Å². The Bertz CT molecular complexity index is 1380. The van der Waals surface area contributed by atoms with Gasteiger partial charge in [-0.1, -0.05) is 5.22 Å². The number of fused-ring (bicyclic) bond motifs is 3. The summed E-state index contributed by atoms with van der Waals surface area (Å²) in [5.74, 6) is 4.37. The molecule has 1 saturated heterocycles. The molecule has 1 aliphatic heterocycles. The standard InChI is InChI=1S/C25H29N9O3S2/c1-11(31-10-21(35)34-13(9-26)4-12-5-16(12)34)8-25(24(29)32-33-30)14-6-19(22(27)36)38-17(14)2-3-18-15(25)7-20(39-18)23(28)37/h6-7,11-13,16,31H,2-5,8,10H2,1H3,(H2,27,36)(H2,28,37)(H3,29,30,32)/t11-,12-,13?,16+/m1/s1. The molecule has 0 bridgehead atoms. The Balaban J connectivity index is 1.52. The molecule has 3 heterocycles. The molecule has 39 heavy (non-hydrogen) atoms. The molecule has 8 N–H and O–H groups in total. The Labute approximate surface area is 232 Å². The van der Waals surface area contributed by atoms with Crippen LogP contribution in [0.5, 0.6) is 0 Å². The number of amides is 3. The van der Waals surface area contributed by atoms with Gasteiger partial charge >= 0.3 is 0 Å². The zero-order valence-electron chi connectivity index (χ0n) is 21.3. The molecule has 2 fully saturated rings. The number of carbonyl (C=O) groups excluding carboxylic acids is 3. The number of piperidine rings is 1. The summed E-state index contributed by atoms with van der Waals surface area (Å²) < 4.78 is 0. The summed E-state index contributed by atoms with van der Waals surface area (Å²) in [5, 5.41) is 29.1. The van der Waals surface area contributed by atoms with Gasteiger partial charge in [0.2, 0.25) is 5.91 Å². The number of hydrogen-bond acceptors (Lipinski definition) is 9. The van der Waals surface area contributed by atoms with Crippen molar-refractivity contribution in [1.29, 1.82) is 10.7 Å². The molecule has 12 nitrogen and oxygen atoms in total. The number of nitrogens with zero attached hydrogens (tertiary/aromatic N) is 4. The molecule has 1 unspecified atom stereocenters. The van der Waals surface area contributed by atoms with E-state index < -0.39 is 23.3 Å². The van der Waals surface area contributed by atoms with Crippen LogP contribution < -0.4 is 22.6 Å². The van der Waals surface area contributed by atoms with Gasteiger partial charge in [0.05, 0.1) is 27.8 Å². The van der Waals surface area contributed by atoms with Crippen molar-refractivity contribution < 1.29 is 14.4 Å². The Kier molecular flexibility index (Phi) is 7.00. The first-order valence-electron chi connectivity index (χ1n) is 12.6. The van der Waals surface area contributed by atoms with E-state index in [4.69, 9.17) is 22.7 Å². The van der Waals surface area contributed by atoms with Crippen LogP contribution in [0.25, 0.3) is 0 Å². The van der Waals surface area contributed by atoms with Gasteiger partial charge in [0.15, 0.2) is 5.84 Å². The summed E-state index contributed by atoms with van der Waals surface area (Å²) in [6.07, 6.45) is 3.05. The van der Waals surface area contributed by atoms with E-state index in [0.717, 1.165) is 22.6 Å². The van der Waals surface area contributed by atoms with Gasteiger partial charge in [-0.2, -0.15) is 5.26 Å². The molecular weight excluding hydrogens is 538 g/mol. The van der Waals surface area contributed by atoms with Crippen LogP contribution in [0.3, 0.4) is 0 Å². The number of nitrogens with one attached hydrogen (secondary N) is 2. The molecule has 3 aliphatic rings. The summed E-state index contributed by atoms with van der Waals surface area (Å²) in [4.78, 5) is 41.5. The largest absolute Gasteiger partial charge is 0.365 e. The highest BCUT2D eigenvalue weighted by molar-refractivity contribution is 7.15. The van der Waals surface area contributed by atoms with Crippen LogP contribution in [-0.4, -0.2) is 53.1 Å². The van der Waals surface area contributed by atoms with Crippen LogP contribution in [0.2, 0.25) is 0 Å². The second-order valence-electron chi connectivity index (χ2n) is 10.3. The van der Waals surface area contributed by atoms with Crippen molar-refractivity contribution >= 4 is 46.2 Å². The third-order valence-corrected chi connectivity index (χ3v) is 10.3. The monoisotopic (exact) mass is 567 g/mol. The van der Waals surface area contributed by atoms with Crippen LogP contribution in [0.15, 0.2) is 22.5 Å². The van der Waals surface area contributed by atoms with Crippen molar-refractivity contribution in [3.63, 3.8) is 0 Å². The van der Waals surface area contributed by atoms with E-state index in [1.165, 1.54) is 22.7 Å². The molecule has 4 atom stereocenters. The first kappa shape index (κ1) is 26.9. The Morgan fingerprint density at radius 2 is 1.77 bits per heavy atom. The number of likely N-dealkylation sites (tertiary alicyclic amines) is 1. The lowest BCUT2D eigenvalue weighted by atomic mass is 9.70. The van der Waals surface area contributed by atoms with E-state index in [-0.39, 0.29) is 36.8 Å². The lowest BCUT2D eigenvalue weighted by molar-refractivity contribution is -0.131. The van der Waals surface area contributed by atoms with Gasteiger partial charge in [-0.15, -0.1) is 27.8 Å². The van der Waals surface area contributed by atoms with Gasteiger partial charge in [-0.3, -0.25) is 19.8 Å². The van der Waals surface area contributed by atoms with Crippen LogP contribution in [0, 0.1) is 22.7 Å². The number of nitrogens with two attached hydrogens (primary N) is 3. The highest BCUT2D eigenvalue weighted by Crippen LogP contribution is 2.49. The van der Waals surface area contributed by atoms with Crippen LogP contribution in [0.1, 0.15) is 66.4 Å². The fraction of sp³-hybridized carbons (Fsp3) is 0.480. The number of thiophene rings is 2. The number of hydrogen-bond donors (Lipinski definition) is 5. The van der Waals surface area contributed by atoms with Gasteiger partial charge in [0.1, 0.15) is 6.04 Å². The van der Waals surface area contributed by atoms with Crippen molar-refractivity contribution in [3.8, 4) is 6.07 Å². The highest BCUT2D eigenvalue weighted by Gasteiger charge is 2.54. The highest BCUT2D eigenvalue weighted by atomic mass is 32.1. The van der Waals surface area contributed by atoms with Gasteiger partial charge in [0, 0.05) is 21.8 Å². The maximum absolute atomic E-state index is 13.1. The smallest absolute Gasteiger partial charge is 0.258 e. The van der Waals surface area contributed by atoms with Crippen molar-refractivity contribution in [3.05, 3.63) is 42.8 Å². The summed E-state index contributed by atoms with van der Waals surface area (Å²) in [5.41, 5.74) is 11.4. The van der Waals surface area contributed by atoms with Crippen molar-refractivity contribution in [2.45, 2.75) is 62.6 Å². The molecule has 0 aromatic carbocycles. The first-order valence-corrected chi connectivity index (χ1v) is 14.2. The molecule has 3 amide bonds. The number of primary amides is 2. The fourth-order valence-electron chi connectivity index (χ4n) is 6.10. The van der Waals surface area contributed by atoms with E-state index in [9.17, 15) is 19.6 Å². The third kappa shape index (κ3) is 4.60. The Morgan fingerprint density at radius 1 is 1.18 bits per heavy atom. The zero-order chi connectivity index (χ0) is 28.1. The molecule has 204 valence electrons. The van der Waals surface area contributed by atoms with E-state index in [0.29, 0.717) is 39.6 Å². The van der Waals surface area contributed by atoms with Gasteiger partial charge in [0.25, 0.3) is 11.8 Å². The predicted molar refractivity (Wildman–Crippen MR) is 145 cm³/mol. The number of nitriles is 1. The molecule has 2 aliphatic carbocycles. The minimum absolute atomic E-state index is 0.0243. The summed E-state index contributed by atoms with van der Waals surface area (Å²) in [7, 11) is 0. The molecule has 0 spiro atoms. The van der Waals surface area contributed by atoms with Gasteiger partial charge in [-0.25, -0.2) is 0 Å². The minimum atomic E-state index is -1.24. The number of carbonyl (C=O) groups is 3. The Hall–Kier alpha value is -3.67. The second-order valence-corrected chi connectivity index (χ2v) is 12.6. The lowest BCUT2D eigenvalue weighted by Gasteiger charge is -2.35. The maximum Gasteiger partial charge on any atom is 0.258 e. The average Bonchev–Trinajstić information content (AvgIpc) is 3.23. The second kappa shape index (κ2) is 10.1. The fourth-order valence-corrected chi connectivity index (χ4v) is 8.28. The number of aryl methyl sites for hydroxylation is 2. The zero-order valence-corrected chi connectivity index (χ0v) is 22.9. The number of amidine groups is 1. The van der Waals surface area contributed by atoms with Crippen LogP contribution in [0.4, 0.5) is 0 Å². The lowest BCUT2D eigenvalue weighted by Crippen LogP contribution is -2.47. The van der Waals surface area contributed by atoms with Gasteiger partial charge in [-0.05, 0) is 68.2 Å².